The van der Waals surface area contributed by atoms with Crippen LogP contribution in [-0.2, 0) is 9.59 Å². The van der Waals surface area contributed by atoms with E-state index in [-0.39, 0.29) is 24.5 Å². The second-order valence-electron chi connectivity index (χ2n) is 6.07. The van der Waals surface area contributed by atoms with Gasteiger partial charge in [-0.1, -0.05) is 36.4 Å². The van der Waals surface area contributed by atoms with Gasteiger partial charge in [0.15, 0.2) is 5.78 Å². The highest BCUT2D eigenvalue weighted by Gasteiger charge is 2.33. The maximum atomic E-state index is 12.3. The zero-order valence-corrected chi connectivity index (χ0v) is 13.3. The third kappa shape index (κ3) is 3.30. The molecular weight excluding hydrogens is 306 g/mol. The molecule has 0 aliphatic carbocycles. The summed E-state index contributed by atoms with van der Waals surface area (Å²) in [7, 11) is 0. The third-order valence-electron chi connectivity index (χ3n) is 4.50. The van der Waals surface area contributed by atoms with Gasteiger partial charge in [-0.3, -0.25) is 9.59 Å². The van der Waals surface area contributed by atoms with Crippen molar-refractivity contribution in [3.63, 3.8) is 0 Å². The van der Waals surface area contributed by atoms with Crippen LogP contribution in [0.1, 0.15) is 36.0 Å². The third-order valence-corrected chi connectivity index (χ3v) is 4.50. The second-order valence-corrected chi connectivity index (χ2v) is 6.07. The molecule has 1 aliphatic rings. The Morgan fingerprint density at radius 1 is 1.04 bits per heavy atom. The SMILES string of the molecule is O=C(CCC(=O)N1CCC[C@H]1C(=O)O)c1ccc2ccccc2c1. The van der Waals surface area contributed by atoms with Gasteiger partial charge in [0.2, 0.25) is 5.91 Å². The van der Waals surface area contributed by atoms with Gasteiger partial charge in [0, 0.05) is 24.9 Å². The molecule has 2 aromatic rings. The van der Waals surface area contributed by atoms with Crippen LogP contribution in [0.5, 0.6) is 0 Å². The van der Waals surface area contributed by atoms with E-state index in [1.54, 1.807) is 6.07 Å². The van der Waals surface area contributed by atoms with E-state index >= 15 is 0 Å². The summed E-state index contributed by atoms with van der Waals surface area (Å²) in [5, 5.41) is 11.2. The number of hydrogen-bond donors (Lipinski definition) is 1. The van der Waals surface area contributed by atoms with E-state index in [0.717, 1.165) is 10.8 Å². The first-order valence-corrected chi connectivity index (χ1v) is 8.10. The van der Waals surface area contributed by atoms with Crippen LogP contribution in [0, 0.1) is 0 Å². The molecule has 1 N–H and O–H groups in total. The first kappa shape index (κ1) is 16.2. The lowest BCUT2D eigenvalue weighted by molar-refractivity contribution is -0.148. The average molecular weight is 325 g/mol. The molecule has 1 amide bonds. The molecule has 3 rings (SSSR count). The smallest absolute Gasteiger partial charge is 0.326 e. The molecule has 0 saturated carbocycles. The summed E-state index contributed by atoms with van der Waals surface area (Å²) in [6.45, 7) is 0.458. The zero-order valence-electron chi connectivity index (χ0n) is 13.3. The van der Waals surface area contributed by atoms with E-state index in [1.165, 1.54) is 4.90 Å². The number of rotatable bonds is 5. The van der Waals surface area contributed by atoms with Gasteiger partial charge in [-0.15, -0.1) is 0 Å². The lowest BCUT2D eigenvalue weighted by Gasteiger charge is -2.21. The molecule has 1 heterocycles. The van der Waals surface area contributed by atoms with Crippen LogP contribution in [0.2, 0.25) is 0 Å². The molecule has 0 spiro atoms. The lowest BCUT2D eigenvalue weighted by Crippen LogP contribution is -2.40. The molecule has 2 aromatic carbocycles. The number of benzene rings is 2. The minimum absolute atomic E-state index is 0.0510. The number of carbonyl (C=O) groups excluding carboxylic acids is 2. The van der Waals surface area contributed by atoms with Gasteiger partial charge in [-0.2, -0.15) is 0 Å². The van der Waals surface area contributed by atoms with Crippen molar-refractivity contribution < 1.29 is 19.5 Å². The molecule has 0 bridgehead atoms. The van der Waals surface area contributed by atoms with Crippen molar-refractivity contribution in [3.05, 3.63) is 48.0 Å². The van der Waals surface area contributed by atoms with E-state index in [1.807, 2.05) is 36.4 Å². The van der Waals surface area contributed by atoms with Crippen molar-refractivity contribution in [2.24, 2.45) is 0 Å². The molecule has 1 saturated heterocycles. The molecule has 124 valence electrons. The number of nitrogens with zero attached hydrogens (tertiary/aromatic N) is 1. The fraction of sp³-hybridized carbons (Fsp3) is 0.316. The van der Waals surface area contributed by atoms with Crippen LogP contribution >= 0.6 is 0 Å². The van der Waals surface area contributed by atoms with Crippen molar-refractivity contribution in [2.75, 3.05) is 6.54 Å². The number of carboxylic acid groups (broad SMARTS) is 1. The molecule has 24 heavy (non-hydrogen) atoms. The van der Waals surface area contributed by atoms with Crippen LogP contribution < -0.4 is 0 Å². The van der Waals surface area contributed by atoms with E-state index < -0.39 is 12.0 Å². The molecule has 1 atom stereocenters. The number of hydrogen-bond acceptors (Lipinski definition) is 3. The van der Waals surface area contributed by atoms with Crippen molar-refractivity contribution in [3.8, 4) is 0 Å². The van der Waals surface area contributed by atoms with Crippen molar-refractivity contribution in [1.82, 2.24) is 4.90 Å². The Bertz CT molecular complexity index is 799. The minimum atomic E-state index is -0.971. The summed E-state index contributed by atoms with van der Waals surface area (Å²) in [4.78, 5) is 37.1. The summed E-state index contributed by atoms with van der Waals surface area (Å²) >= 11 is 0. The standard InChI is InChI=1S/C19H19NO4/c21-17(15-8-7-13-4-1-2-5-14(13)12-15)9-10-18(22)20-11-3-6-16(20)19(23)24/h1-2,4-5,7-8,12,16H,3,6,9-11H2,(H,23,24)/t16-/m0/s1. The van der Waals surface area contributed by atoms with Gasteiger partial charge in [0.05, 0.1) is 0 Å². The Hall–Kier alpha value is -2.69. The van der Waals surface area contributed by atoms with E-state index in [9.17, 15) is 14.4 Å². The number of carboxylic acids is 1. The van der Waals surface area contributed by atoms with Crippen LogP contribution in [0.3, 0.4) is 0 Å². The maximum absolute atomic E-state index is 12.3. The van der Waals surface area contributed by atoms with Crippen LogP contribution in [0.25, 0.3) is 10.8 Å². The Kier molecular flexibility index (Phi) is 4.60. The largest absolute Gasteiger partial charge is 0.480 e. The predicted octanol–water partition coefficient (Wildman–Crippen LogP) is 2.88. The monoisotopic (exact) mass is 325 g/mol. The van der Waals surface area contributed by atoms with Gasteiger partial charge < -0.3 is 10.0 Å². The number of Topliss-reactive ketones (excluding diaryl/α,β-unsaturated/α-hetero) is 1. The number of amides is 1. The predicted molar refractivity (Wildman–Crippen MR) is 89.9 cm³/mol. The first-order valence-electron chi connectivity index (χ1n) is 8.10. The second kappa shape index (κ2) is 6.83. The highest BCUT2D eigenvalue weighted by Crippen LogP contribution is 2.20. The van der Waals surface area contributed by atoms with E-state index in [2.05, 4.69) is 0 Å². The van der Waals surface area contributed by atoms with Crippen molar-refractivity contribution in [2.45, 2.75) is 31.7 Å². The maximum Gasteiger partial charge on any atom is 0.326 e. The molecular formula is C19H19NO4. The van der Waals surface area contributed by atoms with E-state index in [0.29, 0.717) is 24.9 Å². The molecule has 5 heteroatoms. The highest BCUT2D eigenvalue weighted by atomic mass is 16.4. The van der Waals surface area contributed by atoms with Gasteiger partial charge in [-0.25, -0.2) is 4.79 Å². The number of likely N-dealkylation sites (tertiary alicyclic amines) is 1. The number of carbonyl (C=O) groups is 3. The number of aliphatic carboxylic acids is 1. The highest BCUT2D eigenvalue weighted by molar-refractivity contribution is 6.01. The molecule has 0 radical (unpaired) electrons. The molecule has 0 aromatic heterocycles. The summed E-state index contributed by atoms with van der Waals surface area (Å²) in [5.74, 6) is -1.32. The van der Waals surface area contributed by atoms with Crippen LogP contribution in [-0.4, -0.2) is 40.3 Å². The van der Waals surface area contributed by atoms with Gasteiger partial charge in [0.25, 0.3) is 0 Å². The van der Waals surface area contributed by atoms with Crippen LogP contribution in [0.4, 0.5) is 0 Å². The summed E-state index contributed by atoms with van der Waals surface area (Å²) in [6, 6.07) is 12.5. The van der Waals surface area contributed by atoms with Crippen molar-refractivity contribution in [1.29, 1.82) is 0 Å². The normalized spacial score (nSPS) is 17.2. The van der Waals surface area contributed by atoms with Gasteiger partial charge in [-0.05, 0) is 29.7 Å². The Balaban J connectivity index is 1.64. The lowest BCUT2D eigenvalue weighted by atomic mass is 10.0. The Morgan fingerprint density at radius 2 is 1.79 bits per heavy atom. The topological polar surface area (TPSA) is 74.7 Å². The molecule has 5 nitrogen and oxygen atoms in total. The van der Waals surface area contributed by atoms with Crippen molar-refractivity contribution >= 4 is 28.4 Å². The number of ketones is 1. The molecule has 1 aliphatic heterocycles. The zero-order chi connectivity index (χ0) is 17.1. The van der Waals surface area contributed by atoms with Gasteiger partial charge in [0.1, 0.15) is 6.04 Å². The Labute approximate surface area is 139 Å². The molecule has 0 unspecified atom stereocenters. The fourth-order valence-corrected chi connectivity index (χ4v) is 3.19. The van der Waals surface area contributed by atoms with Crippen LogP contribution in [0.15, 0.2) is 42.5 Å². The fourth-order valence-electron chi connectivity index (χ4n) is 3.19. The first-order chi connectivity index (χ1) is 11.6. The summed E-state index contributed by atoms with van der Waals surface area (Å²) in [6.07, 6.45) is 1.33. The van der Waals surface area contributed by atoms with E-state index in [4.69, 9.17) is 5.11 Å². The number of fused-ring (bicyclic) bond motifs is 1. The quantitative estimate of drug-likeness (QED) is 0.858. The average Bonchev–Trinajstić information content (AvgIpc) is 3.09. The summed E-state index contributed by atoms with van der Waals surface area (Å²) in [5.41, 5.74) is 0.581. The Morgan fingerprint density at radius 3 is 2.54 bits per heavy atom. The van der Waals surface area contributed by atoms with Gasteiger partial charge >= 0.3 is 5.97 Å². The summed E-state index contributed by atoms with van der Waals surface area (Å²) < 4.78 is 0. The molecule has 1 fully saturated rings. The minimum Gasteiger partial charge on any atom is -0.480 e.